The van der Waals surface area contributed by atoms with Gasteiger partial charge in [0.2, 0.25) is 0 Å². The molecule has 6 nitrogen and oxygen atoms in total. The summed E-state index contributed by atoms with van der Waals surface area (Å²) in [5.74, 6) is -0.484. The maximum Gasteiger partial charge on any atom is 0.180 e. The van der Waals surface area contributed by atoms with Crippen LogP contribution in [0.15, 0.2) is 24.3 Å². The molecule has 0 radical (unpaired) electrons. The molecule has 0 saturated carbocycles. The Balaban J connectivity index is 3.22. The van der Waals surface area contributed by atoms with E-state index < -0.39 is 30.5 Å². The molecule has 0 bridgehead atoms. The van der Waals surface area contributed by atoms with Gasteiger partial charge in [-0.15, -0.1) is 0 Å². The van der Waals surface area contributed by atoms with E-state index in [0.29, 0.717) is 0 Å². The lowest BCUT2D eigenvalue weighted by atomic mass is 10.1. The predicted molar refractivity (Wildman–Crippen MR) is 75.3 cm³/mol. The summed E-state index contributed by atoms with van der Waals surface area (Å²) in [4.78, 5) is 0. The van der Waals surface area contributed by atoms with Crippen LogP contribution < -0.4 is 0 Å². The van der Waals surface area contributed by atoms with Crippen LogP contribution >= 0.6 is 0 Å². The molecule has 1 aromatic carbocycles. The van der Waals surface area contributed by atoms with E-state index in [-0.39, 0.29) is 22.6 Å². The lowest BCUT2D eigenvalue weighted by molar-refractivity contribution is 0.248. The second kappa shape index (κ2) is 6.21. The fourth-order valence-electron chi connectivity index (χ4n) is 1.60. The van der Waals surface area contributed by atoms with Gasteiger partial charge in [0.1, 0.15) is 0 Å². The number of sulfone groups is 2. The second-order valence-electron chi connectivity index (χ2n) is 4.28. The first-order chi connectivity index (χ1) is 9.15. The van der Waals surface area contributed by atoms with Crippen molar-refractivity contribution >= 4 is 19.7 Å². The van der Waals surface area contributed by atoms with Crippen LogP contribution in [0.4, 0.5) is 0 Å². The Bertz CT molecular complexity index is 608. The van der Waals surface area contributed by atoms with Gasteiger partial charge in [0.05, 0.1) is 11.5 Å². The zero-order chi connectivity index (χ0) is 15.6. The number of rotatable bonds is 6. The Morgan fingerprint density at radius 2 is 1.25 bits per heavy atom. The van der Waals surface area contributed by atoms with Crippen molar-refractivity contribution in [1.82, 2.24) is 0 Å². The third-order valence-electron chi connectivity index (χ3n) is 2.97. The summed E-state index contributed by atoms with van der Waals surface area (Å²) in [5.41, 5.74) is -3.39. The minimum absolute atomic E-state index is 0.0368. The van der Waals surface area contributed by atoms with Crippen molar-refractivity contribution in [2.24, 2.45) is 0 Å². The molecule has 0 aromatic heterocycles. The van der Waals surface area contributed by atoms with Crippen molar-refractivity contribution < 1.29 is 27.0 Å². The summed E-state index contributed by atoms with van der Waals surface area (Å²) in [6.45, 7) is 2.80. The van der Waals surface area contributed by atoms with E-state index in [9.17, 15) is 27.0 Å². The van der Waals surface area contributed by atoms with Crippen LogP contribution in [0, 0.1) is 0 Å². The number of hydrogen-bond donors (Lipinski definition) is 2. The molecule has 2 atom stereocenters. The maximum absolute atomic E-state index is 11.6. The van der Waals surface area contributed by atoms with Crippen LogP contribution in [0.25, 0.3) is 0 Å². The zero-order valence-corrected chi connectivity index (χ0v) is 12.9. The van der Waals surface area contributed by atoms with E-state index in [2.05, 4.69) is 0 Å². The van der Waals surface area contributed by atoms with Crippen molar-refractivity contribution in [2.75, 3.05) is 11.5 Å². The lowest BCUT2D eigenvalue weighted by Gasteiger charge is -2.15. The van der Waals surface area contributed by atoms with Crippen LogP contribution in [-0.2, 0) is 19.7 Å². The molecule has 114 valence electrons. The standard InChI is InChI=1S/C12H18O6S2/c1-3-19(15,16)11(13)9-6-5-7-10(8-9)12(14)20(17,18)4-2/h5-8,11-14H,3-4H2,1-2H3. The average molecular weight is 322 g/mol. The molecule has 0 heterocycles. The Morgan fingerprint density at radius 1 is 0.900 bits per heavy atom. The van der Waals surface area contributed by atoms with E-state index in [0.717, 1.165) is 0 Å². The van der Waals surface area contributed by atoms with E-state index in [1.54, 1.807) is 0 Å². The highest BCUT2D eigenvalue weighted by Gasteiger charge is 2.26. The van der Waals surface area contributed by atoms with E-state index in [4.69, 9.17) is 0 Å². The molecular weight excluding hydrogens is 304 g/mol. The third kappa shape index (κ3) is 3.57. The van der Waals surface area contributed by atoms with E-state index in [1.807, 2.05) is 0 Å². The molecule has 1 aromatic rings. The van der Waals surface area contributed by atoms with Gasteiger partial charge in [-0.25, -0.2) is 16.8 Å². The largest absolute Gasteiger partial charge is 0.373 e. The highest BCUT2D eigenvalue weighted by Crippen LogP contribution is 2.26. The fourth-order valence-corrected chi connectivity index (χ4v) is 3.35. The van der Waals surface area contributed by atoms with Crippen LogP contribution in [0.5, 0.6) is 0 Å². The van der Waals surface area contributed by atoms with Crippen LogP contribution in [0.2, 0.25) is 0 Å². The van der Waals surface area contributed by atoms with E-state index in [1.165, 1.54) is 38.1 Å². The topological polar surface area (TPSA) is 109 Å². The van der Waals surface area contributed by atoms with Crippen molar-refractivity contribution in [3.63, 3.8) is 0 Å². The summed E-state index contributed by atoms with van der Waals surface area (Å²) in [6.07, 6.45) is 0. The third-order valence-corrected chi connectivity index (χ3v) is 6.48. The minimum Gasteiger partial charge on any atom is -0.373 e. The van der Waals surface area contributed by atoms with Gasteiger partial charge in [-0.05, 0) is 17.2 Å². The van der Waals surface area contributed by atoms with Crippen LogP contribution in [0.1, 0.15) is 35.8 Å². The highest BCUT2D eigenvalue weighted by molar-refractivity contribution is 7.91. The molecule has 20 heavy (non-hydrogen) atoms. The Labute approximate surface area is 118 Å². The SMILES string of the molecule is CCS(=O)(=O)C(O)c1cccc(C(O)S(=O)(=O)CC)c1. The molecule has 0 amide bonds. The molecule has 2 unspecified atom stereocenters. The first kappa shape index (κ1) is 17.1. The first-order valence-corrected chi connectivity index (χ1v) is 9.48. The van der Waals surface area contributed by atoms with Gasteiger partial charge >= 0.3 is 0 Å². The van der Waals surface area contributed by atoms with Crippen molar-refractivity contribution in [1.29, 1.82) is 0 Å². The van der Waals surface area contributed by atoms with Gasteiger partial charge in [-0.2, -0.15) is 0 Å². The molecule has 0 aliphatic heterocycles. The normalized spacial score (nSPS) is 15.8. The second-order valence-corrected chi connectivity index (χ2v) is 8.98. The Morgan fingerprint density at radius 3 is 1.55 bits per heavy atom. The molecule has 8 heteroatoms. The van der Waals surface area contributed by atoms with Gasteiger partial charge in [0.15, 0.2) is 30.5 Å². The van der Waals surface area contributed by atoms with Gasteiger partial charge in [-0.3, -0.25) is 0 Å². The summed E-state index contributed by atoms with van der Waals surface area (Å²) in [6, 6.07) is 5.32. The highest BCUT2D eigenvalue weighted by atomic mass is 32.2. The molecule has 2 N–H and O–H groups in total. The van der Waals surface area contributed by atoms with Crippen molar-refractivity contribution in [2.45, 2.75) is 24.7 Å². The number of aliphatic hydroxyl groups is 2. The van der Waals surface area contributed by atoms with E-state index >= 15 is 0 Å². The van der Waals surface area contributed by atoms with Crippen LogP contribution in [0.3, 0.4) is 0 Å². The zero-order valence-electron chi connectivity index (χ0n) is 11.2. The molecule has 0 saturated heterocycles. The molecule has 0 fully saturated rings. The summed E-state index contributed by atoms with van der Waals surface area (Å²) >= 11 is 0. The minimum atomic E-state index is -3.71. The van der Waals surface area contributed by atoms with Gasteiger partial charge in [0, 0.05) is 0 Å². The van der Waals surface area contributed by atoms with Crippen LogP contribution in [-0.4, -0.2) is 38.6 Å². The quantitative estimate of drug-likeness (QED) is 0.791. The Hall–Kier alpha value is -0.960. The van der Waals surface area contributed by atoms with Gasteiger partial charge < -0.3 is 10.2 Å². The number of benzene rings is 1. The van der Waals surface area contributed by atoms with Crippen molar-refractivity contribution in [3.8, 4) is 0 Å². The fraction of sp³-hybridized carbons (Fsp3) is 0.500. The monoisotopic (exact) mass is 322 g/mol. The lowest BCUT2D eigenvalue weighted by Crippen LogP contribution is -2.17. The molecular formula is C12H18O6S2. The summed E-state index contributed by atoms with van der Waals surface area (Å²) in [7, 11) is -7.42. The number of aliphatic hydroxyl groups excluding tert-OH is 2. The molecule has 0 spiro atoms. The first-order valence-electron chi connectivity index (χ1n) is 6.04. The van der Waals surface area contributed by atoms with Crippen molar-refractivity contribution in [3.05, 3.63) is 35.4 Å². The molecule has 0 aliphatic rings. The van der Waals surface area contributed by atoms with Gasteiger partial charge in [0.25, 0.3) is 0 Å². The predicted octanol–water partition coefficient (Wildman–Crippen LogP) is 0.538. The molecule has 1 rings (SSSR count). The average Bonchev–Trinajstić information content (AvgIpc) is 2.45. The number of hydrogen-bond acceptors (Lipinski definition) is 6. The van der Waals surface area contributed by atoms with Gasteiger partial charge in [-0.1, -0.05) is 32.0 Å². The summed E-state index contributed by atoms with van der Waals surface area (Å²) < 4.78 is 46.4. The maximum atomic E-state index is 11.6. The summed E-state index contributed by atoms with van der Waals surface area (Å²) in [5, 5.41) is 19.6. The Kier molecular flexibility index (Phi) is 5.31. The molecule has 0 aliphatic carbocycles. The smallest absolute Gasteiger partial charge is 0.180 e.